The minimum absolute atomic E-state index is 0.0840. The molecule has 0 aliphatic carbocycles. The molecule has 0 aliphatic rings. The van der Waals surface area contributed by atoms with Gasteiger partial charge in [0.05, 0.1) is 6.61 Å². The number of hydrogen-bond donors (Lipinski definition) is 1. The van der Waals surface area contributed by atoms with Crippen LogP contribution in [0.25, 0.3) is 0 Å². The SMILES string of the molecule is COCCNCC(C)(CCOCC(F)(F)F)C(C)C. The van der Waals surface area contributed by atoms with Gasteiger partial charge < -0.3 is 14.8 Å². The Kier molecular flexibility index (Phi) is 8.61. The molecule has 0 rings (SSSR count). The first kappa shape index (κ1) is 18.7. The van der Waals surface area contributed by atoms with E-state index in [4.69, 9.17) is 9.47 Å². The number of nitrogens with one attached hydrogen (secondary N) is 1. The van der Waals surface area contributed by atoms with E-state index in [1.165, 1.54) is 0 Å². The van der Waals surface area contributed by atoms with Crippen molar-refractivity contribution in [1.82, 2.24) is 5.32 Å². The number of rotatable bonds is 10. The van der Waals surface area contributed by atoms with Crippen molar-refractivity contribution >= 4 is 0 Å². The van der Waals surface area contributed by atoms with E-state index >= 15 is 0 Å². The van der Waals surface area contributed by atoms with Crippen molar-refractivity contribution in [3.63, 3.8) is 0 Å². The number of hydrogen-bond acceptors (Lipinski definition) is 3. The van der Waals surface area contributed by atoms with E-state index in [-0.39, 0.29) is 12.0 Å². The van der Waals surface area contributed by atoms with Gasteiger partial charge in [-0.05, 0) is 17.8 Å². The van der Waals surface area contributed by atoms with Gasteiger partial charge in [0, 0.05) is 26.8 Å². The standard InChI is InChI=1S/C13H26F3NO2/c1-11(2)12(3,9-17-6-8-18-4)5-7-19-10-13(14,15)16/h11,17H,5-10H2,1-4H3. The summed E-state index contributed by atoms with van der Waals surface area (Å²) in [7, 11) is 1.63. The average Bonchev–Trinajstić information content (AvgIpc) is 2.29. The number of halogens is 3. The highest BCUT2D eigenvalue weighted by atomic mass is 19.4. The third kappa shape index (κ3) is 9.24. The van der Waals surface area contributed by atoms with Gasteiger partial charge in [0.1, 0.15) is 6.61 Å². The summed E-state index contributed by atoms with van der Waals surface area (Å²) in [5.74, 6) is 0.358. The van der Waals surface area contributed by atoms with E-state index in [1.807, 2.05) is 0 Å². The van der Waals surface area contributed by atoms with Gasteiger partial charge in [-0.15, -0.1) is 0 Å². The lowest BCUT2D eigenvalue weighted by atomic mass is 9.76. The summed E-state index contributed by atoms with van der Waals surface area (Å²) >= 11 is 0. The fraction of sp³-hybridized carbons (Fsp3) is 1.00. The summed E-state index contributed by atoms with van der Waals surface area (Å²) in [4.78, 5) is 0. The fourth-order valence-corrected chi connectivity index (χ4v) is 1.62. The Balaban J connectivity index is 4.02. The van der Waals surface area contributed by atoms with Gasteiger partial charge in [0.2, 0.25) is 0 Å². The summed E-state index contributed by atoms with van der Waals surface area (Å²) in [6.07, 6.45) is -3.65. The van der Waals surface area contributed by atoms with E-state index in [2.05, 4.69) is 26.1 Å². The maximum atomic E-state index is 12.0. The maximum absolute atomic E-state index is 12.0. The molecule has 3 nitrogen and oxygen atoms in total. The summed E-state index contributed by atoms with van der Waals surface area (Å²) in [5.41, 5.74) is -0.0840. The van der Waals surface area contributed by atoms with E-state index in [9.17, 15) is 13.2 Å². The predicted octanol–water partition coefficient (Wildman–Crippen LogP) is 2.85. The van der Waals surface area contributed by atoms with Gasteiger partial charge in [0.25, 0.3) is 0 Å². The molecule has 0 bridgehead atoms. The largest absolute Gasteiger partial charge is 0.411 e. The van der Waals surface area contributed by atoms with Crippen molar-refractivity contribution in [1.29, 1.82) is 0 Å². The molecule has 0 amide bonds. The van der Waals surface area contributed by atoms with Crippen LogP contribution in [0.15, 0.2) is 0 Å². The highest BCUT2D eigenvalue weighted by Crippen LogP contribution is 2.30. The van der Waals surface area contributed by atoms with Crippen LogP contribution in [0.3, 0.4) is 0 Å². The summed E-state index contributed by atoms with van der Waals surface area (Å²) in [6, 6.07) is 0. The van der Waals surface area contributed by atoms with Crippen molar-refractivity contribution in [2.75, 3.05) is 40.0 Å². The molecule has 1 unspecified atom stereocenters. The molecule has 19 heavy (non-hydrogen) atoms. The number of methoxy groups -OCH3 is 1. The minimum Gasteiger partial charge on any atom is -0.383 e. The second-order valence-electron chi connectivity index (χ2n) is 5.40. The fourth-order valence-electron chi connectivity index (χ4n) is 1.62. The Morgan fingerprint density at radius 3 is 2.26 bits per heavy atom. The molecule has 0 spiro atoms. The molecule has 116 valence electrons. The van der Waals surface area contributed by atoms with Crippen LogP contribution in [-0.2, 0) is 9.47 Å². The Labute approximate surface area is 113 Å². The van der Waals surface area contributed by atoms with Crippen LogP contribution >= 0.6 is 0 Å². The highest BCUT2D eigenvalue weighted by molar-refractivity contribution is 4.80. The zero-order chi connectivity index (χ0) is 14.9. The smallest absolute Gasteiger partial charge is 0.383 e. The molecule has 0 saturated heterocycles. The Morgan fingerprint density at radius 2 is 1.79 bits per heavy atom. The lowest BCUT2D eigenvalue weighted by Gasteiger charge is -2.34. The first-order valence-electron chi connectivity index (χ1n) is 6.55. The minimum atomic E-state index is -4.25. The Hall–Kier alpha value is -0.330. The van der Waals surface area contributed by atoms with Crippen LogP contribution in [0, 0.1) is 11.3 Å². The molecule has 0 heterocycles. The molecule has 1 atom stereocenters. The number of ether oxygens (including phenoxy) is 2. The molecular formula is C13H26F3NO2. The normalized spacial score (nSPS) is 15.8. The molecule has 0 aromatic heterocycles. The first-order chi connectivity index (χ1) is 8.71. The van der Waals surface area contributed by atoms with Crippen LogP contribution in [0.1, 0.15) is 27.2 Å². The van der Waals surface area contributed by atoms with Crippen molar-refractivity contribution in [3.8, 4) is 0 Å². The average molecular weight is 285 g/mol. The summed E-state index contributed by atoms with van der Waals surface area (Å²) in [5, 5.41) is 3.26. The van der Waals surface area contributed by atoms with Gasteiger partial charge in [-0.3, -0.25) is 0 Å². The molecule has 0 aliphatic heterocycles. The van der Waals surface area contributed by atoms with Crippen LogP contribution in [0.5, 0.6) is 0 Å². The van der Waals surface area contributed by atoms with Crippen LogP contribution in [-0.4, -0.2) is 46.2 Å². The van der Waals surface area contributed by atoms with Crippen LogP contribution in [0.2, 0.25) is 0 Å². The van der Waals surface area contributed by atoms with Crippen LogP contribution in [0.4, 0.5) is 13.2 Å². The van der Waals surface area contributed by atoms with Crippen molar-refractivity contribution in [3.05, 3.63) is 0 Å². The Bertz CT molecular complexity index is 234. The lowest BCUT2D eigenvalue weighted by Crippen LogP contribution is -2.38. The first-order valence-corrected chi connectivity index (χ1v) is 6.55. The second kappa shape index (κ2) is 8.76. The predicted molar refractivity (Wildman–Crippen MR) is 69.2 cm³/mol. The monoisotopic (exact) mass is 285 g/mol. The summed E-state index contributed by atoms with van der Waals surface area (Å²) < 4.78 is 45.5. The molecule has 6 heteroatoms. The molecule has 0 saturated carbocycles. The van der Waals surface area contributed by atoms with Gasteiger partial charge in [-0.25, -0.2) is 0 Å². The zero-order valence-corrected chi connectivity index (χ0v) is 12.3. The van der Waals surface area contributed by atoms with Gasteiger partial charge in [-0.1, -0.05) is 20.8 Å². The summed E-state index contributed by atoms with van der Waals surface area (Å²) in [6.45, 7) is 7.26. The molecule has 0 aromatic carbocycles. The molecule has 0 fully saturated rings. The maximum Gasteiger partial charge on any atom is 0.411 e. The third-order valence-electron chi connectivity index (χ3n) is 3.49. The lowest BCUT2D eigenvalue weighted by molar-refractivity contribution is -0.175. The Morgan fingerprint density at radius 1 is 1.16 bits per heavy atom. The van der Waals surface area contributed by atoms with Crippen molar-refractivity contribution in [2.45, 2.75) is 33.4 Å². The van der Waals surface area contributed by atoms with Gasteiger partial charge in [0.15, 0.2) is 0 Å². The molecule has 0 aromatic rings. The third-order valence-corrected chi connectivity index (χ3v) is 3.49. The van der Waals surface area contributed by atoms with Gasteiger partial charge in [-0.2, -0.15) is 13.2 Å². The number of alkyl halides is 3. The van der Waals surface area contributed by atoms with Crippen molar-refractivity contribution in [2.24, 2.45) is 11.3 Å². The molecular weight excluding hydrogens is 259 g/mol. The van der Waals surface area contributed by atoms with E-state index in [0.717, 1.165) is 13.1 Å². The van der Waals surface area contributed by atoms with Crippen LogP contribution < -0.4 is 5.32 Å². The molecule has 0 radical (unpaired) electrons. The molecule has 1 N–H and O–H groups in total. The highest BCUT2D eigenvalue weighted by Gasteiger charge is 2.30. The van der Waals surface area contributed by atoms with Crippen molar-refractivity contribution < 1.29 is 22.6 Å². The van der Waals surface area contributed by atoms with E-state index in [0.29, 0.717) is 18.9 Å². The van der Waals surface area contributed by atoms with E-state index in [1.54, 1.807) is 7.11 Å². The quantitative estimate of drug-likeness (QED) is 0.626. The second-order valence-corrected chi connectivity index (χ2v) is 5.40. The van der Waals surface area contributed by atoms with Gasteiger partial charge >= 0.3 is 6.18 Å². The van der Waals surface area contributed by atoms with E-state index < -0.39 is 12.8 Å². The zero-order valence-electron chi connectivity index (χ0n) is 12.3. The topological polar surface area (TPSA) is 30.5 Å².